The second kappa shape index (κ2) is 9.65. The molecule has 3 aromatic rings. The number of carbonyl (C=O) groups is 2. The summed E-state index contributed by atoms with van der Waals surface area (Å²) in [5.41, 5.74) is 1.18. The normalized spacial score (nSPS) is 11.4. The van der Waals surface area contributed by atoms with Crippen LogP contribution in [0.2, 0.25) is 0 Å². The van der Waals surface area contributed by atoms with Crippen LogP contribution in [0.1, 0.15) is 18.0 Å². The van der Waals surface area contributed by atoms with Gasteiger partial charge in [0.1, 0.15) is 5.75 Å². The van der Waals surface area contributed by atoms with Crippen molar-refractivity contribution in [3.63, 3.8) is 0 Å². The van der Waals surface area contributed by atoms with E-state index in [1.807, 2.05) is 12.1 Å². The predicted molar refractivity (Wildman–Crippen MR) is 117 cm³/mol. The van der Waals surface area contributed by atoms with Gasteiger partial charge in [-0.05, 0) is 29.3 Å². The van der Waals surface area contributed by atoms with E-state index >= 15 is 0 Å². The molecular formula is C22H22N4O6. The lowest BCUT2D eigenvalue weighted by Crippen LogP contribution is -2.35. The molecule has 166 valence electrons. The number of carboxylic acid groups (broad SMARTS) is 1. The highest BCUT2D eigenvalue weighted by atomic mass is 16.5. The molecule has 0 aliphatic heterocycles. The van der Waals surface area contributed by atoms with Crippen LogP contribution in [0, 0.1) is 0 Å². The quantitative estimate of drug-likeness (QED) is 0.444. The number of ether oxygens (including phenoxy) is 1. The molecule has 4 N–H and O–H groups in total. The maximum absolute atomic E-state index is 12.5. The molecule has 10 heteroatoms. The number of anilines is 1. The lowest BCUT2D eigenvalue weighted by Gasteiger charge is -2.19. The standard InChI is InChI=1S/C22H22N4O6/c1-26-9-8-17(27)20(21(26)30)25-22(31)24-16(11-19(28)29)14-5-3-4-13(10-14)15-6-7-18(32-2)23-12-15/h3-10,12,16,27H,11H2,1-2H3,(H,28,29)(H2,24,25,31)/t16-/m0/s1. The molecule has 0 fully saturated rings. The summed E-state index contributed by atoms with van der Waals surface area (Å²) in [5.74, 6) is -1.06. The van der Waals surface area contributed by atoms with E-state index in [1.54, 1.807) is 30.5 Å². The summed E-state index contributed by atoms with van der Waals surface area (Å²) in [4.78, 5) is 40.3. The van der Waals surface area contributed by atoms with Crippen LogP contribution in [0.25, 0.3) is 11.1 Å². The molecule has 0 saturated carbocycles. The van der Waals surface area contributed by atoms with Gasteiger partial charge >= 0.3 is 12.0 Å². The smallest absolute Gasteiger partial charge is 0.319 e. The number of hydrogen-bond donors (Lipinski definition) is 4. The van der Waals surface area contributed by atoms with Gasteiger partial charge in [-0.2, -0.15) is 0 Å². The van der Waals surface area contributed by atoms with Crippen LogP contribution < -0.4 is 20.9 Å². The maximum Gasteiger partial charge on any atom is 0.319 e. The lowest BCUT2D eigenvalue weighted by molar-refractivity contribution is -0.137. The molecule has 0 unspecified atom stereocenters. The summed E-state index contributed by atoms with van der Waals surface area (Å²) in [6.07, 6.45) is 2.59. The van der Waals surface area contributed by atoms with Gasteiger partial charge in [-0.1, -0.05) is 18.2 Å². The molecule has 3 rings (SSSR count). The third-order valence-electron chi connectivity index (χ3n) is 4.74. The number of methoxy groups -OCH3 is 1. The summed E-state index contributed by atoms with van der Waals surface area (Å²) >= 11 is 0. The van der Waals surface area contributed by atoms with Gasteiger partial charge in [0, 0.05) is 31.1 Å². The van der Waals surface area contributed by atoms with Crippen LogP contribution in [-0.2, 0) is 11.8 Å². The van der Waals surface area contributed by atoms with Crippen LogP contribution in [0.15, 0.2) is 59.7 Å². The first kappa shape index (κ1) is 22.3. The fourth-order valence-corrected chi connectivity index (χ4v) is 3.08. The number of amides is 2. The molecule has 10 nitrogen and oxygen atoms in total. The fraction of sp³-hybridized carbons (Fsp3) is 0.182. The second-order valence-electron chi connectivity index (χ2n) is 6.96. The van der Waals surface area contributed by atoms with Gasteiger partial charge in [-0.3, -0.25) is 9.59 Å². The molecular weight excluding hydrogens is 416 g/mol. The topological polar surface area (TPSA) is 143 Å². The van der Waals surface area contributed by atoms with Gasteiger partial charge in [-0.15, -0.1) is 0 Å². The molecule has 1 atom stereocenters. The molecule has 0 spiro atoms. The number of carbonyl (C=O) groups excluding carboxylic acids is 1. The number of nitrogens with zero attached hydrogens (tertiary/aromatic N) is 2. The van der Waals surface area contributed by atoms with Gasteiger partial charge < -0.3 is 30.2 Å². The number of hydrogen-bond acceptors (Lipinski definition) is 6. The van der Waals surface area contributed by atoms with E-state index in [1.165, 1.54) is 31.0 Å². The molecule has 0 aliphatic carbocycles. The van der Waals surface area contributed by atoms with Crippen molar-refractivity contribution in [3.05, 3.63) is 70.8 Å². The number of pyridine rings is 2. The zero-order valence-electron chi connectivity index (χ0n) is 17.4. The van der Waals surface area contributed by atoms with Gasteiger partial charge in [0.25, 0.3) is 5.56 Å². The van der Waals surface area contributed by atoms with Crippen molar-refractivity contribution in [1.29, 1.82) is 0 Å². The minimum absolute atomic E-state index is 0.306. The van der Waals surface area contributed by atoms with Gasteiger partial charge in [0.2, 0.25) is 5.88 Å². The maximum atomic E-state index is 12.5. The number of aryl methyl sites for hydroxylation is 1. The summed E-state index contributed by atoms with van der Waals surface area (Å²) in [6.45, 7) is 0. The van der Waals surface area contributed by atoms with Gasteiger partial charge in [-0.25, -0.2) is 9.78 Å². The highest BCUT2D eigenvalue weighted by Gasteiger charge is 2.20. The highest BCUT2D eigenvalue weighted by molar-refractivity contribution is 5.91. The third kappa shape index (κ3) is 5.22. The predicted octanol–water partition coefficient (Wildman–Crippen LogP) is 2.50. The van der Waals surface area contributed by atoms with Crippen molar-refractivity contribution in [2.24, 2.45) is 7.05 Å². The Kier molecular flexibility index (Phi) is 6.74. The number of aliphatic carboxylic acids is 1. The Labute approximate surface area is 183 Å². The monoisotopic (exact) mass is 438 g/mol. The molecule has 1 aromatic carbocycles. The molecule has 0 saturated heterocycles. The highest BCUT2D eigenvalue weighted by Crippen LogP contribution is 2.26. The average molecular weight is 438 g/mol. The Morgan fingerprint density at radius 2 is 1.97 bits per heavy atom. The molecule has 32 heavy (non-hydrogen) atoms. The van der Waals surface area contributed by atoms with E-state index in [-0.39, 0.29) is 5.69 Å². The van der Waals surface area contributed by atoms with E-state index in [9.17, 15) is 24.6 Å². The van der Waals surface area contributed by atoms with Crippen LogP contribution in [0.4, 0.5) is 10.5 Å². The number of rotatable bonds is 7. The average Bonchev–Trinajstić information content (AvgIpc) is 2.79. The molecule has 0 aliphatic rings. The Morgan fingerprint density at radius 3 is 2.62 bits per heavy atom. The summed E-state index contributed by atoms with van der Waals surface area (Å²) in [6, 6.07) is 10.1. The number of nitrogens with one attached hydrogen (secondary N) is 2. The van der Waals surface area contributed by atoms with Crippen LogP contribution >= 0.6 is 0 Å². The first-order chi connectivity index (χ1) is 15.3. The van der Waals surface area contributed by atoms with Gasteiger partial charge in [0.15, 0.2) is 5.69 Å². The number of urea groups is 1. The van der Waals surface area contributed by atoms with E-state index < -0.39 is 35.8 Å². The zero-order valence-corrected chi connectivity index (χ0v) is 17.4. The summed E-state index contributed by atoms with van der Waals surface area (Å²) in [7, 11) is 2.98. The Bertz CT molecular complexity index is 1190. The van der Waals surface area contributed by atoms with E-state index in [4.69, 9.17) is 4.74 Å². The largest absolute Gasteiger partial charge is 0.505 e. The lowest BCUT2D eigenvalue weighted by atomic mass is 9.98. The van der Waals surface area contributed by atoms with Crippen molar-refractivity contribution >= 4 is 17.7 Å². The first-order valence-corrected chi connectivity index (χ1v) is 9.56. The molecule has 2 heterocycles. The molecule has 2 aromatic heterocycles. The van der Waals surface area contributed by atoms with Crippen LogP contribution in [0.5, 0.6) is 11.6 Å². The number of aromatic hydroxyl groups is 1. The van der Waals surface area contributed by atoms with Crippen LogP contribution in [-0.4, -0.2) is 38.9 Å². The summed E-state index contributed by atoms with van der Waals surface area (Å²) in [5, 5.41) is 24.1. The van der Waals surface area contributed by atoms with E-state index in [0.717, 1.165) is 11.1 Å². The Morgan fingerprint density at radius 1 is 1.19 bits per heavy atom. The Hall–Kier alpha value is -4.34. The van der Waals surface area contributed by atoms with Crippen molar-refractivity contribution in [3.8, 4) is 22.8 Å². The molecule has 0 radical (unpaired) electrons. The second-order valence-corrected chi connectivity index (χ2v) is 6.96. The van der Waals surface area contributed by atoms with E-state index in [0.29, 0.717) is 11.4 Å². The number of aromatic nitrogens is 2. The van der Waals surface area contributed by atoms with E-state index in [2.05, 4.69) is 15.6 Å². The third-order valence-corrected chi connectivity index (χ3v) is 4.74. The van der Waals surface area contributed by atoms with Crippen molar-refractivity contribution in [2.45, 2.75) is 12.5 Å². The first-order valence-electron chi connectivity index (χ1n) is 9.56. The van der Waals surface area contributed by atoms with Crippen molar-refractivity contribution in [1.82, 2.24) is 14.9 Å². The van der Waals surface area contributed by atoms with Crippen molar-refractivity contribution in [2.75, 3.05) is 12.4 Å². The SMILES string of the molecule is COc1ccc(-c2cccc([C@H](CC(=O)O)NC(=O)Nc3c(O)ccn(C)c3=O)c2)cn1. The minimum Gasteiger partial charge on any atom is -0.505 e. The van der Waals surface area contributed by atoms with Crippen molar-refractivity contribution < 1.29 is 24.5 Å². The minimum atomic E-state index is -1.12. The van der Waals surface area contributed by atoms with Crippen LogP contribution in [0.3, 0.4) is 0 Å². The zero-order chi connectivity index (χ0) is 23.3. The van der Waals surface area contributed by atoms with Gasteiger partial charge in [0.05, 0.1) is 19.6 Å². The molecule has 2 amide bonds. The number of benzene rings is 1. The number of carboxylic acids is 1. The Balaban J connectivity index is 1.85. The fourth-order valence-electron chi connectivity index (χ4n) is 3.08. The summed E-state index contributed by atoms with van der Waals surface area (Å²) < 4.78 is 6.25. The molecule has 0 bridgehead atoms.